The number of rotatable bonds is 6. The molecule has 2 N–H and O–H groups in total. The Labute approximate surface area is 206 Å². The van der Waals surface area contributed by atoms with Crippen LogP contribution in [0.3, 0.4) is 0 Å². The Morgan fingerprint density at radius 3 is 2.91 bits per heavy atom. The van der Waals surface area contributed by atoms with Crippen LogP contribution in [0.5, 0.6) is 5.75 Å². The van der Waals surface area contributed by atoms with Gasteiger partial charge in [-0.05, 0) is 46.1 Å². The van der Waals surface area contributed by atoms with Gasteiger partial charge in [-0.3, -0.25) is 9.56 Å². The van der Waals surface area contributed by atoms with E-state index in [9.17, 15) is 4.79 Å². The second-order valence-corrected chi connectivity index (χ2v) is 8.95. The molecule has 0 saturated heterocycles. The summed E-state index contributed by atoms with van der Waals surface area (Å²) < 4.78 is 9.57. The summed E-state index contributed by atoms with van der Waals surface area (Å²) in [5.74, 6) is 2.64. The predicted molar refractivity (Wildman–Crippen MR) is 137 cm³/mol. The van der Waals surface area contributed by atoms with Crippen LogP contribution in [0.15, 0.2) is 34.1 Å². The van der Waals surface area contributed by atoms with Gasteiger partial charge in [0.25, 0.3) is 0 Å². The number of para-hydroxylation sites is 1. The van der Waals surface area contributed by atoms with Crippen molar-refractivity contribution < 1.29 is 4.74 Å². The molecule has 0 fully saturated rings. The number of guanidine groups is 1. The highest BCUT2D eigenvalue weighted by Gasteiger charge is 2.33. The molecule has 2 aromatic rings. The largest absolute Gasteiger partial charge is 0.487 e. The maximum atomic E-state index is 12.5. The summed E-state index contributed by atoms with van der Waals surface area (Å²) in [4.78, 5) is 17.2. The van der Waals surface area contributed by atoms with Crippen LogP contribution in [0.4, 0.5) is 0 Å². The van der Waals surface area contributed by atoms with E-state index >= 15 is 0 Å². The number of hydrogen-bond acceptors (Lipinski definition) is 4. The third kappa shape index (κ3) is 5.65. The van der Waals surface area contributed by atoms with Gasteiger partial charge in [0.15, 0.2) is 5.96 Å². The number of fused-ring (bicyclic) bond motifs is 2. The Morgan fingerprint density at radius 2 is 2.12 bits per heavy atom. The average Bonchev–Trinajstić information content (AvgIpc) is 3.06. The number of nitrogens with zero attached hydrogens (tertiary/aromatic N) is 4. The van der Waals surface area contributed by atoms with E-state index in [2.05, 4.69) is 42.6 Å². The second kappa shape index (κ2) is 10.7. The lowest BCUT2D eigenvalue weighted by molar-refractivity contribution is 0.0694. The average molecular weight is 554 g/mol. The van der Waals surface area contributed by atoms with Gasteiger partial charge in [0, 0.05) is 44.6 Å². The molecule has 0 saturated carbocycles. The number of halogens is 1. The van der Waals surface area contributed by atoms with Crippen molar-refractivity contribution in [3.05, 3.63) is 46.1 Å². The summed E-state index contributed by atoms with van der Waals surface area (Å²) in [6.45, 7) is 9.09. The lowest BCUT2D eigenvalue weighted by Gasteiger charge is -2.38. The summed E-state index contributed by atoms with van der Waals surface area (Å²) in [5, 5.41) is 11.4. The molecule has 0 spiro atoms. The van der Waals surface area contributed by atoms with Crippen LogP contribution in [0.1, 0.15) is 63.9 Å². The zero-order valence-corrected chi connectivity index (χ0v) is 21.6. The summed E-state index contributed by atoms with van der Waals surface area (Å²) >= 11 is 0. The molecule has 32 heavy (non-hydrogen) atoms. The van der Waals surface area contributed by atoms with Gasteiger partial charge in [-0.15, -0.1) is 24.0 Å². The number of ether oxygens (including phenoxy) is 1. The molecule has 1 aromatic heterocycles. The fourth-order valence-electron chi connectivity index (χ4n) is 4.42. The van der Waals surface area contributed by atoms with Gasteiger partial charge in [0.05, 0.1) is 6.04 Å². The van der Waals surface area contributed by atoms with Gasteiger partial charge in [-0.1, -0.05) is 18.2 Å². The fraction of sp³-hybridized carbons (Fsp3) is 0.609. The monoisotopic (exact) mass is 554 g/mol. The predicted octanol–water partition coefficient (Wildman–Crippen LogP) is 3.25. The van der Waals surface area contributed by atoms with E-state index < -0.39 is 0 Å². The minimum atomic E-state index is -0.245. The van der Waals surface area contributed by atoms with E-state index in [1.165, 1.54) is 0 Å². The van der Waals surface area contributed by atoms with E-state index in [-0.39, 0.29) is 41.3 Å². The maximum absolute atomic E-state index is 12.5. The number of nitrogens with one attached hydrogen (secondary N) is 2. The highest BCUT2D eigenvalue weighted by molar-refractivity contribution is 14.0. The first-order chi connectivity index (χ1) is 15.0. The molecule has 0 bridgehead atoms. The Hall–Kier alpha value is -2.04. The summed E-state index contributed by atoms with van der Waals surface area (Å²) in [5.41, 5.74) is 0.928. The molecule has 176 valence electrons. The third-order valence-corrected chi connectivity index (χ3v) is 5.86. The Bertz CT molecular complexity index is 997. The van der Waals surface area contributed by atoms with Gasteiger partial charge in [-0.25, -0.2) is 9.48 Å². The second-order valence-electron chi connectivity index (χ2n) is 8.95. The highest BCUT2D eigenvalue weighted by atomic mass is 127. The quantitative estimate of drug-likeness (QED) is 0.248. The van der Waals surface area contributed by atoms with Crippen LogP contribution in [-0.4, -0.2) is 39.0 Å². The van der Waals surface area contributed by atoms with E-state index in [0.29, 0.717) is 13.1 Å². The van der Waals surface area contributed by atoms with Crippen molar-refractivity contribution in [2.24, 2.45) is 4.99 Å². The van der Waals surface area contributed by atoms with Crippen LogP contribution in [0.25, 0.3) is 0 Å². The molecule has 3 heterocycles. The highest BCUT2D eigenvalue weighted by Crippen LogP contribution is 2.39. The Morgan fingerprint density at radius 1 is 1.31 bits per heavy atom. The number of hydrogen-bond donors (Lipinski definition) is 2. The number of aromatic nitrogens is 3. The summed E-state index contributed by atoms with van der Waals surface area (Å²) in [7, 11) is 0. The molecular weight excluding hydrogens is 519 g/mol. The zero-order chi connectivity index (χ0) is 21.8. The Balaban J connectivity index is 0.00000289. The van der Waals surface area contributed by atoms with Crippen LogP contribution >= 0.6 is 24.0 Å². The molecule has 4 rings (SSSR count). The van der Waals surface area contributed by atoms with Crippen LogP contribution in [0, 0.1) is 0 Å². The maximum Gasteiger partial charge on any atom is 0.345 e. The Kier molecular flexibility index (Phi) is 8.24. The lowest BCUT2D eigenvalue weighted by Crippen LogP contribution is -2.45. The van der Waals surface area contributed by atoms with Crippen molar-refractivity contribution in [3.63, 3.8) is 0 Å². The minimum Gasteiger partial charge on any atom is -0.487 e. The third-order valence-electron chi connectivity index (χ3n) is 5.86. The van der Waals surface area contributed by atoms with Gasteiger partial charge in [-0.2, -0.15) is 5.10 Å². The van der Waals surface area contributed by atoms with E-state index in [1.54, 1.807) is 4.68 Å². The minimum absolute atomic E-state index is 0. The van der Waals surface area contributed by atoms with Crippen molar-refractivity contribution in [1.29, 1.82) is 0 Å². The molecule has 2 aliphatic rings. The molecule has 1 aromatic carbocycles. The molecular formula is C23H35IN6O2. The van der Waals surface area contributed by atoms with Crippen LogP contribution < -0.4 is 21.1 Å². The topological polar surface area (TPSA) is 85.5 Å². The van der Waals surface area contributed by atoms with Crippen LogP contribution in [-0.2, 0) is 19.5 Å². The smallest absolute Gasteiger partial charge is 0.345 e. The SMILES string of the molecule is CCNC(=NCCCn1nc2n(c1=O)CCCC2)NC1CC(C)(C)Oc2ccccc21.I. The number of aryl methyl sites for hydroxylation is 2. The molecule has 2 aliphatic heterocycles. The number of benzene rings is 1. The first-order valence-corrected chi connectivity index (χ1v) is 11.5. The molecule has 0 aliphatic carbocycles. The first-order valence-electron chi connectivity index (χ1n) is 11.5. The molecule has 8 nitrogen and oxygen atoms in total. The summed E-state index contributed by atoms with van der Waals surface area (Å²) in [6, 6.07) is 8.31. The van der Waals surface area contributed by atoms with Gasteiger partial charge >= 0.3 is 5.69 Å². The molecule has 1 atom stereocenters. The van der Waals surface area contributed by atoms with Crippen molar-refractivity contribution in [2.75, 3.05) is 13.1 Å². The van der Waals surface area contributed by atoms with E-state index in [1.807, 2.05) is 22.8 Å². The van der Waals surface area contributed by atoms with Crippen molar-refractivity contribution in [1.82, 2.24) is 25.0 Å². The molecule has 0 amide bonds. The first kappa shape index (κ1) is 24.6. The summed E-state index contributed by atoms with van der Waals surface area (Å²) in [6.07, 6.45) is 4.70. The molecule has 0 radical (unpaired) electrons. The number of aliphatic imine (C=N–C) groups is 1. The normalized spacial score (nSPS) is 19.2. The van der Waals surface area contributed by atoms with Crippen molar-refractivity contribution in [2.45, 2.75) is 77.6 Å². The van der Waals surface area contributed by atoms with E-state index in [4.69, 9.17) is 9.73 Å². The van der Waals surface area contributed by atoms with Gasteiger partial charge in [0.1, 0.15) is 17.2 Å². The molecule has 1 unspecified atom stereocenters. The van der Waals surface area contributed by atoms with Crippen LogP contribution in [0.2, 0.25) is 0 Å². The van der Waals surface area contributed by atoms with Gasteiger partial charge < -0.3 is 15.4 Å². The zero-order valence-electron chi connectivity index (χ0n) is 19.3. The van der Waals surface area contributed by atoms with Gasteiger partial charge in [0.2, 0.25) is 0 Å². The van der Waals surface area contributed by atoms with E-state index in [0.717, 1.165) is 68.3 Å². The molecule has 9 heteroatoms. The lowest BCUT2D eigenvalue weighted by atomic mass is 9.90. The van der Waals surface area contributed by atoms with Crippen molar-refractivity contribution >= 4 is 29.9 Å². The van der Waals surface area contributed by atoms with Crippen molar-refractivity contribution in [3.8, 4) is 5.75 Å². The standard InChI is InChI=1S/C23H34N6O2.HI/c1-4-24-21(26-18-16-23(2,3)31-19-11-6-5-10-17(18)19)25-13-9-15-29-22(30)28-14-8-7-12-20(28)27-29;/h5-6,10-11,18H,4,7-9,12-16H2,1-3H3,(H2,24,25,26);1H. The fourth-order valence-corrected chi connectivity index (χ4v) is 4.42.